The number of amides is 1. The van der Waals surface area contributed by atoms with E-state index in [0.717, 1.165) is 6.42 Å². The Kier molecular flexibility index (Phi) is 8.21. The second-order valence-corrected chi connectivity index (χ2v) is 7.30. The first kappa shape index (κ1) is 22.4. The molecule has 2 aromatic rings. The van der Waals surface area contributed by atoms with Crippen LogP contribution in [0.3, 0.4) is 0 Å². The number of ether oxygens (including phenoxy) is 2. The number of methoxy groups -OCH3 is 1. The maximum atomic E-state index is 13.6. The highest BCUT2D eigenvalue weighted by Gasteiger charge is 2.12. The lowest BCUT2D eigenvalue weighted by molar-refractivity contribution is 0.0943. The molecule has 0 bridgehead atoms. The standard InChI is InChI=1S/C21H26FN3O3S/c1-13(2)9-10-28-18-8-6-15(11-19(18)27-4)20(26)24-25-21(29)23-16-7-5-14(3)17(22)12-16/h5-8,11-13H,9-10H2,1-4H3,(H,24,26)(H2,23,25,29). The van der Waals surface area contributed by atoms with Crippen LogP contribution < -0.4 is 25.6 Å². The van der Waals surface area contributed by atoms with Gasteiger partial charge >= 0.3 is 0 Å². The summed E-state index contributed by atoms with van der Waals surface area (Å²) in [6.45, 7) is 6.48. The molecule has 8 heteroatoms. The van der Waals surface area contributed by atoms with Gasteiger partial charge in [-0.1, -0.05) is 19.9 Å². The average Bonchev–Trinajstić information content (AvgIpc) is 2.68. The van der Waals surface area contributed by atoms with E-state index in [2.05, 4.69) is 30.0 Å². The van der Waals surface area contributed by atoms with Crippen molar-refractivity contribution in [3.63, 3.8) is 0 Å². The largest absolute Gasteiger partial charge is 0.493 e. The van der Waals surface area contributed by atoms with E-state index < -0.39 is 5.91 Å². The van der Waals surface area contributed by atoms with E-state index in [9.17, 15) is 9.18 Å². The van der Waals surface area contributed by atoms with Gasteiger partial charge in [-0.3, -0.25) is 15.6 Å². The molecule has 0 aromatic heterocycles. The summed E-state index contributed by atoms with van der Waals surface area (Å²) in [5.74, 6) is 0.834. The molecule has 29 heavy (non-hydrogen) atoms. The van der Waals surface area contributed by atoms with Gasteiger partial charge in [-0.25, -0.2) is 4.39 Å². The molecule has 0 aliphatic rings. The van der Waals surface area contributed by atoms with Crippen LogP contribution in [0.1, 0.15) is 36.2 Å². The highest BCUT2D eigenvalue weighted by Crippen LogP contribution is 2.28. The van der Waals surface area contributed by atoms with Gasteiger partial charge in [0.1, 0.15) is 5.82 Å². The van der Waals surface area contributed by atoms with Gasteiger partial charge in [0.2, 0.25) is 0 Å². The zero-order valence-electron chi connectivity index (χ0n) is 17.0. The lowest BCUT2D eigenvalue weighted by Gasteiger charge is -2.14. The van der Waals surface area contributed by atoms with Gasteiger partial charge in [-0.15, -0.1) is 0 Å². The number of rotatable bonds is 7. The summed E-state index contributed by atoms with van der Waals surface area (Å²) >= 11 is 5.11. The molecule has 0 aliphatic carbocycles. The van der Waals surface area contributed by atoms with Gasteiger partial charge in [0.15, 0.2) is 16.6 Å². The number of benzene rings is 2. The van der Waals surface area contributed by atoms with Crippen LogP contribution >= 0.6 is 12.2 Å². The smallest absolute Gasteiger partial charge is 0.269 e. The van der Waals surface area contributed by atoms with Crippen molar-refractivity contribution in [2.45, 2.75) is 27.2 Å². The van der Waals surface area contributed by atoms with E-state index >= 15 is 0 Å². The van der Waals surface area contributed by atoms with Crippen molar-refractivity contribution in [3.8, 4) is 11.5 Å². The number of anilines is 1. The van der Waals surface area contributed by atoms with Crippen LogP contribution in [0.2, 0.25) is 0 Å². The Balaban J connectivity index is 1.92. The molecule has 0 saturated heterocycles. The maximum Gasteiger partial charge on any atom is 0.269 e. The number of carbonyl (C=O) groups excluding carboxylic acids is 1. The van der Waals surface area contributed by atoms with Gasteiger partial charge in [0.05, 0.1) is 13.7 Å². The normalized spacial score (nSPS) is 10.4. The van der Waals surface area contributed by atoms with Crippen LogP contribution in [0, 0.1) is 18.7 Å². The summed E-state index contributed by atoms with van der Waals surface area (Å²) in [4.78, 5) is 12.4. The lowest BCUT2D eigenvalue weighted by Crippen LogP contribution is -2.43. The van der Waals surface area contributed by atoms with Crippen LogP contribution in [0.4, 0.5) is 10.1 Å². The predicted molar refractivity (Wildman–Crippen MR) is 116 cm³/mol. The Bertz CT molecular complexity index is 874. The molecular weight excluding hydrogens is 393 g/mol. The maximum absolute atomic E-state index is 13.6. The summed E-state index contributed by atoms with van der Waals surface area (Å²) in [6.07, 6.45) is 0.921. The number of hydrogen-bond donors (Lipinski definition) is 3. The Labute approximate surface area is 175 Å². The van der Waals surface area contributed by atoms with E-state index in [0.29, 0.717) is 40.8 Å². The number of halogens is 1. The minimum Gasteiger partial charge on any atom is -0.493 e. The molecule has 2 aromatic carbocycles. The molecule has 0 atom stereocenters. The van der Waals surface area contributed by atoms with Crippen molar-refractivity contribution < 1.29 is 18.7 Å². The fraction of sp³-hybridized carbons (Fsp3) is 0.333. The van der Waals surface area contributed by atoms with E-state index in [1.165, 1.54) is 13.2 Å². The van der Waals surface area contributed by atoms with Crippen molar-refractivity contribution in [1.82, 2.24) is 10.9 Å². The van der Waals surface area contributed by atoms with Gasteiger partial charge < -0.3 is 14.8 Å². The average molecular weight is 420 g/mol. The molecule has 0 radical (unpaired) electrons. The summed E-state index contributed by atoms with van der Waals surface area (Å²) in [5.41, 5.74) is 6.46. The van der Waals surface area contributed by atoms with Crippen LogP contribution in [-0.4, -0.2) is 24.7 Å². The van der Waals surface area contributed by atoms with E-state index in [1.807, 2.05) is 0 Å². The fourth-order valence-electron chi connectivity index (χ4n) is 2.35. The molecule has 0 fully saturated rings. The molecule has 0 saturated carbocycles. The Hall–Kier alpha value is -2.87. The van der Waals surface area contributed by atoms with Gasteiger partial charge in [0, 0.05) is 11.3 Å². The number of thiocarbonyl (C=S) groups is 1. The highest BCUT2D eigenvalue weighted by atomic mass is 32.1. The summed E-state index contributed by atoms with van der Waals surface area (Å²) < 4.78 is 24.6. The molecule has 1 amide bonds. The zero-order valence-corrected chi connectivity index (χ0v) is 17.8. The molecular formula is C21H26FN3O3S. The molecule has 6 nitrogen and oxygen atoms in total. The number of carbonyl (C=O) groups is 1. The quantitative estimate of drug-likeness (QED) is 0.462. The van der Waals surface area contributed by atoms with E-state index in [-0.39, 0.29) is 10.9 Å². The molecule has 0 spiro atoms. The lowest BCUT2D eigenvalue weighted by atomic mass is 10.1. The second kappa shape index (κ2) is 10.6. The van der Waals surface area contributed by atoms with Gasteiger partial charge in [-0.2, -0.15) is 0 Å². The van der Waals surface area contributed by atoms with E-state index in [4.69, 9.17) is 21.7 Å². The first-order chi connectivity index (χ1) is 13.8. The number of aryl methyl sites for hydroxylation is 1. The van der Waals surface area contributed by atoms with Gasteiger partial charge in [0.25, 0.3) is 5.91 Å². The van der Waals surface area contributed by atoms with Crippen LogP contribution in [-0.2, 0) is 0 Å². The Morgan fingerprint density at radius 3 is 2.55 bits per heavy atom. The highest BCUT2D eigenvalue weighted by molar-refractivity contribution is 7.80. The van der Waals surface area contributed by atoms with Gasteiger partial charge in [-0.05, 0) is 67.4 Å². The molecule has 156 valence electrons. The molecule has 0 heterocycles. The Morgan fingerprint density at radius 2 is 1.90 bits per heavy atom. The van der Waals surface area contributed by atoms with Crippen molar-refractivity contribution in [1.29, 1.82) is 0 Å². The number of hydrazine groups is 1. The minimum absolute atomic E-state index is 0.127. The fourth-order valence-corrected chi connectivity index (χ4v) is 2.52. The second-order valence-electron chi connectivity index (χ2n) is 6.89. The first-order valence-electron chi connectivity index (χ1n) is 9.24. The number of hydrogen-bond acceptors (Lipinski definition) is 4. The third kappa shape index (κ3) is 6.90. The van der Waals surface area contributed by atoms with Crippen LogP contribution in [0.25, 0.3) is 0 Å². The molecule has 3 N–H and O–H groups in total. The molecule has 2 rings (SSSR count). The zero-order chi connectivity index (χ0) is 21.4. The molecule has 0 unspecified atom stereocenters. The van der Waals surface area contributed by atoms with Crippen molar-refractivity contribution in [2.24, 2.45) is 5.92 Å². The summed E-state index contributed by atoms with van der Waals surface area (Å²) in [6, 6.07) is 9.57. The van der Waals surface area contributed by atoms with Crippen LogP contribution in [0.5, 0.6) is 11.5 Å². The third-order valence-corrected chi connectivity index (χ3v) is 4.30. The van der Waals surface area contributed by atoms with Crippen molar-refractivity contribution in [3.05, 3.63) is 53.3 Å². The monoisotopic (exact) mass is 419 g/mol. The summed E-state index contributed by atoms with van der Waals surface area (Å²) in [7, 11) is 1.52. The topological polar surface area (TPSA) is 71.6 Å². The first-order valence-corrected chi connectivity index (χ1v) is 9.65. The third-order valence-electron chi connectivity index (χ3n) is 4.10. The SMILES string of the molecule is COc1cc(C(=O)NNC(=S)Nc2ccc(C)c(F)c2)ccc1OCCC(C)C. The predicted octanol–water partition coefficient (Wildman–Crippen LogP) is 4.20. The Morgan fingerprint density at radius 1 is 1.14 bits per heavy atom. The summed E-state index contributed by atoms with van der Waals surface area (Å²) in [5, 5.41) is 2.93. The van der Waals surface area contributed by atoms with Crippen molar-refractivity contribution in [2.75, 3.05) is 19.0 Å². The van der Waals surface area contributed by atoms with Crippen molar-refractivity contribution >= 4 is 28.9 Å². The minimum atomic E-state index is -0.406. The van der Waals surface area contributed by atoms with Crippen LogP contribution in [0.15, 0.2) is 36.4 Å². The molecule has 0 aliphatic heterocycles. The van der Waals surface area contributed by atoms with E-state index in [1.54, 1.807) is 37.3 Å². The number of nitrogens with one attached hydrogen (secondary N) is 3.